The molecule has 0 spiro atoms. The molecule has 2 nitrogen and oxygen atoms in total. The van der Waals surface area contributed by atoms with Crippen LogP contribution in [-0.4, -0.2) is 9.97 Å². The Kier molecular flexibility index (Phi) is 5.40. The van der Waals surface area contributed by atoms with E-state index in [1.807, 2.05) is 12.1 Å². The van der Waals surface area contributed by atoms with Crippen LogP contribution in [0.25, 0.3) is 0 Å². The molecule has 0 aliphatic carbocycles. The lowest BCUT2D eigenvalue weighted by atomic mass is 9.92. The van der Waals surface area contributed by atoms with Gasteiger partial charge in [0.15, 0.2) is 0 Å². The molecule has 1 aromatic heterocycles. The standard InChI is InChI=1S/C15H14Cl3IN2/c1-15(2,3)13-12(19)14(18)21-11(20-13)7-8-4-5-9(16)10(17)6-8/h4-6H,7H2,1-3H3. The van der Waals surface area contributed by atoms with Crippen LogP contribution in [0.2, 0.25) is 15.2 Å². The smallest absolute Gasteiger partial charge is 0.146 e. The molecule has 0 unspecified atom stereocenters. The van der Waals surface area contributed by atoms with Crippen molar-refractivity contribution in [1.29, 1.82) is 0 Å². The van der Waals surface area contributed by atoms with Gasteiger partial charge in [-0.3, -0.25) is 0 Å². The van der Waals surface area contributed by atoms with Gasteiger partial charge >= 0.3 is 0 Å². The third-order valence-corrected chi connectivity index (χ3v) is 5.27. The van der Waals surface area contributed by atoms with Crippen LogP contribution < -0.4 is 0 Å². The van der Waals surface area contributed by atoms with Crippen LogP contribution >= 0.6 is 57.4 Å². The molecule has 21 heavy (non-hydrogen) atoms. The molecule has 1 aromatic carbocycles. The highest BCUT2D eigenvalue weighted by atomic mass is 127. The Morgan fingerprint density at radius 1 is 1.05 bits per heavy atom. The van der Waals surface area contributed by atoms with E-state index in [2.05, 4.69) is 53.3 Å². The van der Waals surface area contributed by atoms with E-state index in [1.165, 1.54) is 0 Å². The average molecular weight is 456 g/mol. The van der Waals surface area contributed by atoms with Crippen LogP contribution in [0.3, 0.4) is 0 Å². The molecule has 0 atom stereocenters. The molecule has 1 heterocycles. The Hall–Kier alpha value is -0.100. The largest absolute Gasteiger partial charge is 0.236 e. The molecular weight excluding hydrogens is 441 g/mol. The van der Waals surface area contributed by atoms with Crippen molar-refractivity contribution in [2.24, 2.45) is 0 Å². The molecular formula is C15H14Cl3IN2. The lowest BCUT2D eigenvalue weighted by molar-refractivity contribution is 0.558. The van der Waals surface area contributed by atoms with Crippen LogP contribution in [-0.2, 0) is 11.8 Å². The molecule has 0 fully saturated rings. The van der Waals surface area contributed by atoms with E-state index in [9.17, 15) is 0 Å². The number of halogens is 4. The summed E-state index contributed by atoms with van der Waals surface area (Å²) < 4.78 is 0.902. The highest BCUT2D eigenvalue weighted by Crippen LogP contribution is 2.30. The first-order valence-electron chi connectivity index (χ1n) is 6.35. The molecule has 112 valence electrons. The minimum absolute atomic E-state index is 0.0878. The normalized spacial score (nSPS) is 11.8. The van der Waals surface area contributed by atoms with Crippen molar-refractivity contribution in [3.8, 4) is 0 Å². The Bertz CT molecular complexity index is 681. The highest BCUT2D eigenvalue weighted by molar-refractivity contribution is 14.1. The van der Waals surface area contributed by atoms with Crippen LogP contribution in [0.1, 0.15) is 37.9 Å². The number of hydrogen-bond acceptors (Lipinski definition) is 2. The third-order valence-electron chi connectivity index (χ3n) is 2.91. The van der Waals surface area contributed by atoms with Gasteiger partial charge in [-0.1, -0.05) is 61.6 Å². The van der Waals surface area contributed by atoms with Crippen molar-refractivity contribution in [1.82, 2.24) is 9.97 Å². The van der Waals surface area contributed by atoms with E-state index in [4.69, 9.17) is 34.8 Å². The van der Waals surface area contributed by atoms with Gasteiger partial charge in [0.1, 0.15) is 11.0 Å². The predicted molar refractivity (Wildman–Crippen MR) is 97.7 cm³/mol. The Morgan fingerprint density at radius 3 is 2.29 bits per heavy atom. The van der Waals surface area contributed by atoms with E-state index in [0.29, 0.717) is 27.4 Å². The first kappa shape index (κ1) is 17.3. The van der Waals surface area contributed by atoms with E-state index in [0.717, 1.165) is 14.8 Å². The van der Waals surface area contributed by atoms with E-state index in [-0.39, 0.29) is 5.41 Å². The van der Waals surface area contributed by atoms with E-state index < -0.39 is 0 Å². The van der Waals surface area contributed by atoms with Crippen LogP contribution in [0.4, 0.5) is 0 Å². The minimum atomic E-state index is -0.0878. The molecule has 0 saturated heterocycles. The van der Waals surface area contributed by atoms with Gasteiger partial charge in [0.25, 0.3) is 0 Å². The van der Waals surface area contributed by atoms with Crippen molar-refractivity contribution in [2.75, 3.05) is 0 Å². The van der Waals surface area contributed by atoms with Gasteiger partial charge in [-0.2, -0.15) is 0 Å². The second-order valence-corrected chi connectivity index (χ2v) is 8.02. The summed E-state index contributed by atoms with van der Waals surface area (Å²) in [5, 5.41) is 1.56. The van der Waals surface area contributed by atoms with Gasteiger partial charge in [-0.15, -0.1) is 0 Å². The number of rotatable bonds is 2. The quantitative estimate of drug-likeness (QED) is 0.414. The van der Waals surface area contributed by atoms with Gasteiger partial charge in [0, 0.05) is 11.8 Å². The fraction of sp³-hybridized carbons (Fsp3) is 0.333. The molecule has 2 aromatic rings. The summed E-state index contributed by atoms with van der Waals surface area (Å²) in [6.45, 7) is 6.32. The summed E-state index contributed by atoms with van der Waals surface area (Å²) in [7, 11) is 0. The van der Waals surface area contributed by atoms with Crippen molar-refractivity contribution in [3.63, 3.8) is 0 Å². The molecule has 6 heteroatoms. The fourth-order valence-electron chi connectivity index (χ4n) is 1.87. The first-order chi connectivity index (χ1) is 9.68. The van der Waals surface area contributed by atoms with Gasteiger partial charge in [-0.25, -0.2) is 9.97 Å². The maximum Gasteiger partial charge on any atom is 0.146 e. The molecule has 0 radical (unpaired) electrons. The number of hydrogen-bond donors (Lipinski definition) is 0. The number of nitrogens with zero attached hydrogens (tertiary/aromatic N) is 2. The van der Waals surface area contributed by atoms with Gasteiger partial charge in [-0.05, 0) is 40.3 Å². The molecule has 0 aliphatic heterocycles. The molecule has 0 aliphatic rings. The third kappa shape index (κ3) is 4.21. The highest BCUT2D eigenvalue weighted by Gasteiger charge is 2.22. The monoisotopic (exact) mass is 454 g/mol. The second-order valence-electron chi connectivity index (χ2n) is 5.77. The number of benzene rings is 1. The van der Waals surface area contributed by atoms with Crippen molar-refractivity contribution in [3.05, 3.63) is 54.0 Å². The Balaban J connectivity index is 2.41. The average Bonchev–Trinajstić information content (AvgIpc) is 2.36. The van der Waals surface area contributed by atoms with E-state index in [1.54, 1.807) is 6.07 Å². The Morgan fingerprint density at radius 2 is 1.71 bits per heavy atom. The molecule has 0 bridgehead atoms. The van der Waals surface area contributed by atoms with Gasteiger partial charge < -0.3 is 0 Å². The lowest BCUT2D eigenvalue weighted by Gasteiger charge is -2.20. The van der Waals surface area contributed by atoms with Crippen molar-refractivity contribution >= 4 is 57.4 Å². The summed E-state index contributed by atoms with van der Waals surface area (Å²) in [6.07, 6.45) is 0.566. The minimum Gasteiger partial charge on any atom is -0.236 e. The van der Waals surface area contributed by atoms with Crippen LogP contribution in [0.5, 0.6) is 0 Å². The van der Waals surface area contributed by atoms with Gasteiger partial charge in [0.2, 0.25) is 0 Å². The summed E-state index contributed by atoms with van der Waals surface area (Å²) in [5.41, 5.74) is 1.87. The maximum atomic E-state index is 6.24. The van der Waals surface area contributed by atoms with Gasteiger partial charge in [0.05, 0.1) is 19.3 Å². The zero-order chi connectivity index (χ0) is 15.8. The Labute approximate surface area is 153 Å². The summed E-state index contributed by atoms with van der Waals surface area (Å²) in [6, 6.07) is 5.52. The van der Waals surface area contributed by atoms with Crippen LogP contribution in [0, 0.1) is 3.57 Å². The SMILES string of the molecule is CC(C)(C)c1nc(Cc2ccc(Cl)c(Cl)c2)nc(Cl)c1I. The number of aromatic nitrogens is 2. The summed E-state index contributed by atoms with van der Waals surface area (Å²) in [4.78, 5) is 9.04. The molecule has 0 saturated carbocycles. The second kappa shape index (κ2) is 6.57. The summed E-state index contributed by atoms with van der Waals surface area (Å²) in [5.74, 6) is 0.684. The van der Waals surface area contributed by atoms with Crippen molar-refractivity contribution < 1.29 is 0 Å². The zero-order valence-electron chi connectivity index (χ0n) is 11.8. The zero-order valence-corrected chi connectivity index (χ0v) is 16.3. The lowest BCUT2D eigenvalue weighted by Crippen LogP contribution is -2.18. The predicted octanol–water partition coefficient (Wildman–Crippen LogP) is 5.93. The van der Waals surface area contributed by atoms with Crippen molar-refractivity contribution in [2.45, 2.75) is 32.6 Å². The fourth-order valence-corrected chi connectivity index (χ4v) is 3.43. The van der Waals surface area contributed by atoms with E-state index >= 15 is 0 Å². The first-order valence-corrected chi connectivity index (χ1v) is 8.56. The van der Waals surface area contributed by atoms with Crippen LogP contribution in [0.15, 0.2) is 18.2 Å². The topological polar surface area (TPSA) is 25.8 Å². The molecule has 2 rings (SSSR count). The molecule has 0 amide bonds. The molecule has 0 N–H and O–H groups in total. The summed E-state index contributed by atoms with van der Waals surface area (Å²) >= 11 is 20.4. The maximum absolute atomic E-state index is 6.24.